The van der Waals surface area contributed by atoms with Gasteiger partial charge in [0.1, 0.15) is 11.6 Å². The van der Waals surface area contributed by atoms with Gasteiger partial charge in [0.05, 0.1) is 35.0 Å². The minimum Gasteiger partial charge on any atom is -0.493 e. The van der Waals surface area contributed by atoms with Gasteiger partial charge in [-0.05, 0) is 85.8 Å². The minimum absolute atomic E-state index is 0.241. The molecule has 3 aromatic carbocycles. The highest BCUT2D eigenvalue weighted by Gasteiger charge is 2.21. The second-order valence-corrected chi connectivity index (χ2v) is 12.2. The van der Waals surface area contributed by atoms with E-state index in [9.17, 15) is 22.7 Å². The molecule has 1 heterocycles. The zero-order valence-electron chi connectivity index (χ0n) is 22.2. The molecule has 3 N–H and O–H groups in total. The van der Waals surface area contributed by atoms with E-state index in [1.54, 1.807) is 62.5 Å². The van der Waals surface area contributed by atoms with Crippen LogP contribution in [-0.2, 0) is 16.3 Å². The maximum atomic E-state index is 13.8. The highest BCUT2D eigenvalue weighted by Crippen LogP contribution is 2.29. The first-order valence-electron chi connectivity index (χ1n) is 12.9. The molecule has 0 aliphatic rings. The van der Waals surface area contributed by atoms with Crippen molar-refractivity contribution in [3.05, 3.63) is 83.8 Å². The molecule has 4 aromatic rings. The van der Waals surface area contributed by atoms with Crippen LogP contribution in [0.25, 0.3) is 22.0 Å². The van der Waals surface area contributed by atoms with Gasteiger partial charge in [0, 0.05) is 17.1 Å². The lowest BCUT2D eigenvalue weighted by Gasteiger charge is -2.18. The van der Waals surface area contributed by atoms with Gasteiger partial charge in [-0.15, -0.1) is 0 Å². The third-order valence-electron chi connectivity index (χ3n) is 6.57. The Kier molecular flexibility index (Phi) is 8.72. The molecule has 9 heteroatoms. The van der Waals surface area contributed by atoms with Gasteiger partial charge in [-0.25, -0.2) is 12.8 Å². The molecular formula is C30H33FN2O5S. The van der Waals surface area contributed by atoms with E-state index in [0.29, 0.717) is 35.3 Å². The van der Waals surface area contributed by atoms with Crippen LogP contribution in [0, 0.1) is 5.82 Å². The maximum Gasteiger partial charge on any atom is 0.255 e. The molecule has 0 aliphatic heterocycles. The van der Waals surface area contributed by atoms with Crippen LogP contribution in [-0.4, -0.2) is 48.9 Å². The lowest BCUT2D eigenvalue weighted by molar-refractivity contribution is 0.0912. The van der Waals surface area contributed by atoms with Crippen molar-refractivity contribution >= 4 is 26.6 Å². The Morgan fingerprint density at radius 2 is 1.77 bits per heavy atom. The van der Waals surface area contributed by atoms with Crippen LogP contribution in [0.2, 0.25) is 0 Å². The largest absolute Gasteiger partial charge is 0.493 e. The Morgan fingerprint density at radius 3 is 2.44 bits per heavy atom. The zero-order chi connectivity index (χ0) is 28.2. The minimum atomic E-state index is -3.40. The van der Waals surface area contributed by atoms with E-state index in [1.165, 1.54) is 12.1 Å². The van der Waals surface area contributed by atoms with Gasteiger partial charge in [-0.1, -0.05) is 25.1 Å². The van der Waals surface area contributed by atoms with Crippen molar-refractivity contribution in [2.75, 3.05) is 13.2 Å². The fourth-order valence-corrected chi connectivity index (χ4v) is 5.40. The molecule has 4 rings (SSSR count). The van der Waals surface area contributed by atoms with Gasteiger partial charge in [0.2, 0.25) is 0 Å². The number of carbonyl (C=O) groups is 1. The standard InChI is InChI=1S/C30H33FN2O5S/c1-4-13-38-29-12-7-21(20-5-9-25(10-6-20)39(36,37)19(2)3)15-27(29)30(35)33-24(18-34)14-22-17-32-28-11-8-23(31)16-26(22)28/h5-12,15-17,19,24,32,34H,4,13-14,18H2,1-3H3,(H,33,35). The second kappa shape index (κ2) is 12.0. The SMILES string of the molecule is CCCOc1ccc(-c2ccc(S(=O)(=O)C(C)C)cc2)cc1C(=O)NC(CO)Cc1c[nH]c2ccc(F)cc12. The van der Waals surface area contributed by atoms with Gasteiger partial charge >= 0.3 is 0 Å². The van der Waals surface area contributed by atoms with Crippen molar-refractivity contribution in [1.29, 1.82) is 0 Å². The van der Waals surface area contributed by atoms with Crippen molar-refractivity contribution in [2.24, 2.45) is 0 Å². The van der Waals surface area contributed by atoms with E-state index in [-0.39, 0.29) is 17.3 Å². The predicted molar refractivity (Wildman–Crippen MR) is 150 cm³/mol. The topological polar surface area (TPSA) is 108 Å². The second-order valence-electron chi connectivity index (χ2n) is 9.74. The molecule has 0 radical (unpaired) electrons. The van der Waals surface area contributed by atoms with Gasteiger partial charge in [-0.3, -0.25) is 4.79 Å². The number of aromatic amines is 1. The number of nitrogens with one attached hydrogen (secondary N) is 2. The maximum absolute atomic E-state index is 13.8. The number of ether oxygens (including phenoxy) is 1. The molecule has 7 nitrogen and oxygen atoms in total. The molecule has 206 valence electrons. The number of rotatable bonds is 11. The molecule has 1 unspecified atom stereocenters. The summed E-state index contributed by atoms with van der Waals surface area (Å²) >= 11 is 0. The third kappa shape index (κ3) is 6.32. The van der Waals surface area contributed by atoms with Crippen LogP contribution in [0.1, 0.15) is 43.1 Å². The summed E-state index contributed by atoms with van der Waals surface area (Å²) in [7, 11) is -3.40. The van der Waals surface area contributed by atoms with Crippen LogP contribution in [0.4, 0.5) is 4.39 Å². The first-order chi connectivity index (χ1) is 18.6. The number of hydrogen-bond acceptors (Lipinski definition) is 5. The van der Waals surface area contributed by atoms with E-state index in [4.69, 9.17) is 4.74 Å². The molecule has 0 aliphatic carbocycles. The summed E-state index contributed by atoms with van der Waals surface area (Å²) < 4.78 is 44.6. The number of carbonyl (C=O) groups excluding carboxylic acids is 1. The quantitative estimate of drug-likeness (QED) is 0.235. The molecule has 1 amide bonds. The summed E-state index contributed by atoms with van der Waals surface area (Å²) in [5, 5.41) is 13.1. The first kappa shape index (κ1) is 28.3. The Hall–Kier alpha value is -3.69. The average molecular weight is 553 g/mol. The Labute approximate surface area is 227 Å². The highest BCUT2D eigenvalue weighted by molar-refractivity contribution is 7.92. The zero-order valence-corrected chi connectivity index (χ0v) is 23.0. The smallest absolute Gasteiger partial charge is 0.255 e. The number of fused-ring (bicyclic) bond motifs is 1. The highest BCUT2D eigenvalue weighted by atomic mass is 32.2. The Balaban J connectivity index is 1.60. The van der Waals surface area contributed by atoms with Crippen LogP contribution >= 0.6 is 0 Å². The monoisotopic (exact) mass is 552 g/mol. The normalized spacial score (nSPS) is 12.6. The van der Waals surface area contributed by atoms with E-state index >= 15 is 0 Å². The Morgan fingerprint density at radius 1 is 1.05 bits per heavy atom. The number of halogens is 1. The van der Waals surface area contributed by atoms with Gasteiger partial charge < -0.3 is 20.1 Å². The molecule has 0 spiro atoms. The third-order valence-corrected chi connectivity index (χ3v) is 8.74. The fourth-order valence-electron chi connectivity index (χ4n) is 4.34. The van der Waals surface area contributed by atoms with Crippen molar-refractivity contribution < 1.29 is 27.4 Å². The average Bonchev–Trinajstić information content (AvgIpc) is 3.32. The van der Waals surface area contributed by atoms with Crippen molar-refractivity contribution in [3.8, 4) is 16.9 Å². The number of hydrogen-bond donors (Lipinski definition) is 3. The first-order valence-corrected chi connectivity index (χ1v) is 14.5. The molecule has 1 atom stereocenters. The molecular weight excluding hydrogens is 519 g/mol. The van der Waals surface area contributed by atoms with Gasteiger partial charge in [0.15, 0.2) is 9.84 Å². The molecule has 0 saturated heterocycles. The summed E-state index contributed by atoms with van der Waals surface area (Å²) in [6.07, 6.45) is 2.80. The number of H-pyrrole nitrogens is 1. The molecule has 0 bridgehead atoms. The number of sulfone groups is 1. The number of aliphatic hydroxyl groups is 1. The van der Waals surface area contributed by atoms with Crippen molar-refractivity contribution in [3.63, 3.8) is 0 Å². The molecule has 0 saturated carbocycles. The Bertz CT molecular complexity index is 1560. The van der Waals surface area contributed by atoms with E-state index in [1.807, 2.05) is 13.0 Å². The van der Waals surface area contributed by atoms with E-state index < -0.39 is 27.0 Å². The van der Waals surface area contributed by atoms with Crippen LogP contribution < -0.4 is 10.1 Å². The van der Waals surface area contributed by atoms with Gasteiger partial charge in [0.25, 0.3) is 5.91 Å². The predicted octanol–water partition coefficient (Wildman–Crippen LogP) is 5.28. The number of amides is 1. The van der Waals surface area contributed by atoms with Crippen LogP contribution in [0.15, 0.2) is 71.8 Å². The summed E-state index contributed by atoms with van der Waals surface area (Å²) in [6.45, 7) is 5.35. The van der Waals surface area contributed by atoms with E-state index in [2.05, 4.69) is 10.3 Å². The summed E-state index contributed by atoms with van der Waals surface area (Å²) in [5.41, 5.74) is 3.29. The lowest BCUT2D eigenvalue weighted by atomic mass is 10.0. The van der Waals surface area contributed by atoms with Crippen LogP contribution in [0.3, 0.4) is 0 Å². The number of aromatic nitrogens is 1. The van der Waals surface area contributed by atoms with Crippen molar-refractivity contribution in [1.82, 2.24) is 10.3 Å². The molecule has 39 heavy (non-hydrogen) atoms. The molecule has 1 aromatic heterocycles. The summed E-state index contributed by atoms with van der Waals surface area (Å²) in [4.78, 5) is 16.8. The number of benzene rings is 3. The molecule has 0 fully saturated rings. The van der Waals surface area contributed by atoms with Crippen molar-refractivity contribution in [2.45, 2.75) is 49.8 Å². The summed E-state index contributed by atoms with van der Waals surface area (Å²) in [6, 6.07) is 15.6. The number of aliphatic hydroxyl groups excluding tert-OH is 1. The lowest BCUT2D eigenvalue weighted by Crippen LogP contribution is -2.39. The van der Waals surface area contributed by atoms with E-state index in [0.717, 1.165) is 23.1 Å². The summed E-state index contributed by atoms with van der Waals surface area (Å²) in [5.74, 6) is -0.382. The van der Waals surface area contributed by atoms with Crippen LogP contribution in [0.5, 0.6) is 5.75 Å². The van der Waals surface area contributed by atoms with Gasteiger partial charge in [-0.2, -0.15) is 0 Å². The fraction of sp³-hybridized carbons (Fsp3) is 0.300.